The summed E-state index contributed by atoms with van der Waals surface area (Å²) in [6.45, 7) is 1.92. The molecule has 1 aromatic rings. The Hall–Kier alpha value is -2.51. The van der Waals surface area contributed by atoms with Crippen molar-refractivity contribution in [3.05, 3.63) is 23.7 Å². The number of carboxylic acids is 1. The highest BCUT2D eigenvalue weighted by Crippen LogP contribution is 2.05. The maximum absolute atomic E-state index is 11.6. The van der Waals surface area contributed by atoms with Gasteiger partial charge in [0, 0.05) is 6.42 Å². The number of methoxy groups -OCH3 is 1. The molecular weight excluding hydrogens is 280 g/mol. The number of carboxylic acid groups (broad SMARTS) is 1. The summed E-state index contributed by atoms with van der Waals surface area (Å²) >= 11 is 0. The predicted molar refractivity (Wildman–Crippen MR) is 71.5 cm³/mol. The van der Waals surface area contributed by atoms with Crippen LogP contribution in [0.15, 0.2) is 16.5 Å². The summed E-state index contributed by atoms with van der Waals surface area (Å²) < 4.78 is 9.68. The number of hydrogen-bond acceptors (Lipinski definition) is 5. The Morgan fingerprint density at radius 2 is 2.10 bits per heavy atom. The van der Waals surface area contributed by atoms with Crippen LogP contribution in [0.4, 0.5) is 4.79 Å². The molecule has 8 heteroatoms. The minimum absolute atomic E-state index is 0.0463. The third-order valence-electron chi connectivity index (χ3n) is 2.69. The van der Waals surface area contributed by atoms with E-state index in [0.717, 1.165) is 0 Å². The number of carbonyl (C=O) groups is 3. The number of rotatable bonds is 7. The number of aryl methyl sites for hydroxylation is 1. The quantitative estimate of drug-likeness (QED) is 0.641. The number of esters is 1. The average molecular weight is 298 g/mol. The van der Waals surface area contributed by atoms with Crippen molar-refractivity contribution in [2.45, 2.75) is 32.4 Å². The van der Waals surface area contributed by atoms with E-state index in [4.69, 9.17) is 9.52 Å². The Balaban J connectivity index is 2.41. The Labute approximate surface area is 121 Å². The number of hydrogen-bond donors (Lipinski definition) is 3. The highest BCUT2D eigenvalue weighted by atomic mass is 16.5. The monoisotopic (exact) mass is 298 g/mol. The minimum Gasteiger partial charge on any atom is -0.480 e. The van der Waals surface area contributed by atoms with Gasteiger partial charge in [0.25, 0.3) is 0 Å². The molecular formula is C13H18N2O6. The van der Waals surface area contributed by atoms with Gasteiger partial charge in [-0.25, -0.2) is 9.59 Å². The number of ether oxygens (including phenoxy) is 1. The van der Waals surface area contributed by atoms with Crippen molar-refractivity contribution in [2.75, 3.05) is 7.11 Å². The van der Waals surface area contributed by atoms with Gasteiger partial charge in [-0.1, -0.05) is 0 Å². The molecule has 0 radical (unpaired) electrons. The first-order chi connectivity index (χ1) is 9.92. The van der Waals surface area contributed by atoms with Gasteiger partial charge in [-0.05, 0) is 25.5 Å². The van der Waals surface area contributed by atoms with Crippen molar-refractivity contribution in [3.8, 4) is 0 Å². The van der Waals surface area contributed by atoms with E-state index < -0.39 is 24.0 Å². The molecule has 0 unspecified atom stereocenters. The van der Waals surface area contributed by atoms with Crippen LogP contribution in [-0.4, -0.2) is 36.2 Å². The Bertz CT molecular complexity index is 511. The van der Waals surface area contributed by atoms with Gasteiger partial charge in [-0.15, -0.1) is 0 Å². The van der Waals surface area contributed by atoms with E-state index in [2.05, 4.69) is 15.4 Å². The first-order valence-electron chi connectivity index (χ1n) is 6.31. The summed E-state index contributed by atoms with van der Waals surface area (Å²) in [4.78, 5) is 33.6. The average Bonchev–Trinajstić information content (AvgIpc) is 2.86. The first-order valence-corrected chi connectivity index (χ1v) is 6.31. The third kappa shape index (κ3) is 5.98. The van der Waals surface area contributed by atoms with E-state index in [-0.39, 0.29) is 19.4 Å². The van der Waals surface area contributed by atoms with E-state index in [1.54, 1.807) is 19.1 Å². The Morgan fingerprint density at radius 1 is 1.38 bits per heavy atom. The maximum atomic E-state index is 11.6. The molecule has 1 rings (SSSR count). The molecule has 21 heavy (non-hydrogen) atoms. The van der Waals surface area contributed by atoms with E-state index in [9.17, 15) is 14.4 Å². The van der Waals surface area contributed by atoms with Gasteiger partial charge in [0.15, 0.2) is 0 Å². The highest BCUT2D eigenvalue weighted by Gasteiger charge is 2.21. The fourth-order valence-electron chi connectivity index (χ4n) is 1.58. The summed E-state index contributed by atoms with van der Waals surface area (Å²) in [5, 5.41) is 13.7. The van der Waals surface area contributed by atoms with Crippen LogP contribution < -0.4 is 10.6 Å². The fourth-order valence-corrected chi connectivity index (χ4v) is 1.58. The van der Waals surface area contributed by atoms with Crippen LogP contribution in [-0.2, 0) is 20.9 Å². The summed E-state index contributed by atoms with van der Waals surface area (Å²) in [7, 11) is 1.21. The maximum Gasteiger partial charge on any atom is 0.326 e. The number of aliphatic carboxylic acids is 1. The standard InChI is InChI=1S/C13H18N2O6/c1-8-3-4-9(21-8)7-14-13(19)15-10(12(17)18)5-6-11(16)20-2/h3-4,10H,5-7H2,1-2H3,(H,17,18)(H2,14,15,19)/t10-/m1/s1. The molecule has 8 nitrogen and oxygen atoms in total. The van der Waals surface area contributed by atoms with Crippen molar-refractivity contribution in [1.29, 1.82) is 0 Å². The normalized spacial score (nSPS) is 11.5. The van der Waals surface area contributed by atoms with Crippen molar-refractivity contribution in [2.24, 2.45) is 0 Å². The molecule has 1 heterocycles. The summed E-state index contributed by atoms with van der Waals surface area (Å²) in [5.74, 6) is -0.477. The zero-order chi connectivity index (χ0) is 15.8. The van der Waals surface area contributed by atoms with Gasteiger partial charge in [0.05, 0.1) is 13.7 Å². The molecule has 1 aromatic heterocycles. The molecule has 116 valence electrons. The molecule has 0 saturated heterocycles. The van der Waals surface area contributed by atoms with Gasteiger partial charge in [0.2, 0.25) is 0 Å². The summed E-state index contributed by atoms with van der Waals surface area (Å²) in [5.41, 5.74) is 0. The zero-order valence-electron chi connectivity index (χ0n) is 11.8. The molecule has 0 saturated carbocycles. The second kappa shape index (κ2) is 7.93. The molecule has 0 aliphatic heterocycles. The smallest absolute Gasteiger partial charge is 0.326 e. The van der Waals surface area contributed by atoms with Crippen LogP contribution in [0.5, 0.6) is 0 Å². The molecule has 0 bridgehead atoms. The second-order valence-electron chi connectivity index (χ2n) is 4.35. The van der Waals surface area contributed by atoms with Crippen molar-refractivity contribution in [1.82, 2.24) is 10.6 Å². The third-order valence-corrected chi connectivity index (χ3v) is 2.69. The van der Waals surface area contributed by atoms with Crippen LogP contribution in [0, 0.1) is 6.92 Å². The molecule has 0 aromatic carbocycles. The number of carbonyl (C=O) groups excluding carboxylic acids is 2. The minimum atomic E-state index is -1.22. The Kier molecular flexibility index (Phi) is 6.25. The zero-order valence-corrected chi connectivity index (χ0v) is 11.8. The molecule has 0 fully saturated rings. The van der Waals surface area contributed by atoms with Gasteiger partial charge in [0.1, 0.15) is 17.6 Å². The molecule has 1 atom stereocenters. The second-order valence-corrected chi connectivity index (χ2v) is 4.35. The van der Waals surface area contributed by atoms with Gasteiger partial charge < -0.3 is 24.9 Å². The van der Waals surface area contributed by atoms with Crippen LogP contribution >= 0.6 is 0 Å². The number of nitrogens with one attached hydrogen (secondary N) is 2. The van der Waals surface area contributed by atoms with Crippen LogP contribution in [0.2, 0.25) is 0 Å². The molecule has 2 amide bonds. The first kappa shape index (κ1) is 16.5. The van der Waals surface area contributed by atoms with Gasteiger partial charge in [-0.2, -0.15) is 0 Å². The van der Waals surface area contributed by atoms with E-state index in [1.165, 1.54) is 7.11 Å². The van der Waals surface area contributed by atoms with Gasteiger partial charge >= 0.3 is 18.0 Å². The Morgan fingerprint density at radius 3 is 2.62 bits per heavy atom. The topological polar surface area (TPSA) is 118 Å². The molecule has 0 aliphatic rings. The lowest BCUT2D eigenvalue weighted by molar-refractivity contribution is -0.142. The number of urea groups is 1. The summed E-state index contributed by atoms with van der Waals surface area (Å²) in [6.07, 6.45) is -0.138. The largest absolute Gasteiger partial charge is 0.480 e. The lowest BCUT2D eigenvalue weighted by Crippen LogP contribution is -2.46. The SMILES string of the molecule is COC(=O)CC[C@@H](NC(=O)NCc1ccc(C)o1)C(=O)O. The lowest BCUT2D eigenvalue weighted by Gasteiger charge is -2.14. The fraction of sp³-hybridized carbons (Fsp3) is 0.462. The lowest BCUT2D eigenvalue weighted by atomic mass is 10.1. The van der Waals surface area contributed by atoms with E-state index in [0.29, 0.717) is 11.5 Å². The number of amides is 2. The summed E-state index contributed by atoms with van der Waals surface area (Å²) in [6, 6.07) is 1.65. The van der Waals surface area contributed by atoms with Gasteiger partial charge in [-0.3, -0.25) is 4.79 Å². The van der Waals surface area contributed by atoms with Crippen molar-refractivity contribution in [3.63, 3.8) is 0 Å². The van der Waals surface area contributed by atoms with E-state index >= 15 is 0 Å². The molecule has 3 N–H and O–H groups in total. The predicted octanol–water partition coefficient (Wildman–Crippen LogP) is 0.794. The van der Waals surface area contributed by atoms with Crippen molar-refractivity contribution >= 4 is 18.0 Å². The van der Waals surface area contributed by atoms with Crippen LogP contribution in [0.3, 0.4) is 0 Å². The highest BCUT2D eigenvalue weighted by molar-refractivity contribution is 5.83. The van der Waals surface area contributed by atoms with Crippen LogP contribution in [0.1, 0.15) is 24.4 Å². The number of furan rings is 1. The molecule has 0 aliphatic carbocycles. The van der Waals surface area contributed by atoms with E-state index in [1.807, 2.05) is 0 Å². The molecule has 0 spiro atoms. The van der Waals surface area contributed by atoms with Crippen LogP contribution in [0.25, 0.3) is 0 Å². The van der Waals surface area contributed by atoms with Crippen molar-refractivity contribution < 1.29 is 28.6 Å².